The first-order valence-corrected chi connectivity index (χ1v) is 10.6. The lowest BCUT2D eigenvalue weighted by atomic mass is 9.86. The molecular weight excluding hydrogens is 414 g/mol. The van der Waals surface area contributed by atoms with Gasteiger partial charge in [0.1, 0.15) is 0 Å². The van der Waals surface area contributed by atoms with Gasteiger partial charge in [0.25, 0.3) is 0 Å². The first-order valence-electron chi connectivity index (χ1n) is 9.61. The number of para-hydroxylation sites is 1. The quantitative estimate of drug-likeness (QED) is 0.685. The summed E-state index contributed by atoms with van der Waals surface area (Å²) in [6.45, 7) is 1.97. The van der Waals surface area contributed by atoms with E-state index in [0.29, 0.717) is 33.4 Å². The predicted molar refractivity (Wildman–Crippen MR) is 120 cm³/mol. The Morgan fingerprint density at radius 2 is 1.97 bits per heavy atom. The van der Waals surface area contributed by atoms with Gasteiger partial charge >= 0.3 is 0 Å². The van der Waals surface area contributed by atoms with Crippen LogP contribution in [0.25, 0.3) is 0 Å². The van der Waals surface area contributed by atoms with Crippen LogP contribution in [0.2, 0.25) is 0 Å². The van der Waals surface area contributed by atoms with Gasteiger partial charge in [-0.05, 0) is 25.1 Å². The van der Waals surface area contributed by atoms with Crippen LogP contribution in [-0.2, 0) is 9.59 Å². The third-order valence-electron chi connectivity index (χ3n) is 4.85. The zero-order valence-corrected chi connectivity index (χ0v) is 18.3. The van der Waals surface area contributed by atoms with Gasteiger partial charge in [-0.25, -0.2) is 0 Å². The number of methoxy groups -OCH3 is 2. The van der Waals surface area contributed by atoms with Crippen LogP contribution in [0.5, 0.6) is 11.5 Å². The number of carbonyl (C=O) groups excluding carboxylic acids is 2. The average molecular weight is 438 g/mol. The monoisotopic (exact) mass is 437 g/mol. The van der Waals surface area contributed by atoms with E-state index in [-0.39, 0.29) is 24.0 Å². The Morgan fingerprint density at radius 3 is 2.61 bits per heavy atom. The second-order valence-electron chi connectivity index (χ2n) is 6.95. The predicted octanol–water partition coefficient (Wildman–Crippen LogP) is 3.72. The Morgan fingerprint density at radius 1 is 1.23 bits per heavy atom. The molecule has 2 N–H and O–H groups in total. The topological polar surface area (TPSA) is 100 Å². The Bertz CT molecular complexity index is 1060. The molecule has 0 saturated carbocycles. The summed E-state index contributed by atoms with van der Waals surface area (Å²) in [4.78, 5) is 24.8. The van der Waals surface area contributed by atoms with Crippen LogP contribution >= 0.6 is 11.8 Å². The number of thioether (sulfide) groups is 1. The first kappa shape index (κ1) is 22.2. The lowest BCUT2D eigenvalue weighted by Crippen LogP contribution is -2.31. The number of ether oxygens (including phenoxy) is 2. The number of anilines is 1. The minimum Gasteiger partial charge on any atom is -0.493 e. The van der Waals surface area contributed by atoms with Crippen molar-refractivity contribution in [3.63, 3.8) is 0 Å². The van der Waals surface area contributed by atoms with E-state index in [2.05, 4.69) is 16.7 Å². The van der Waals surface area contributed by atoms with Gasteiger partial charge in [0.15, 0.2) is 11.5 Å². The van der Waals surface area contributed by atoms with E-state index in [1.807, 2.05) is 37.3 Å². The van der Waals surface area contributed by atoms with Crippen LogP contribution in [0.4, 0.5) is 5.69 Å². The van der Waals surface area contributed by atoms with Crippen molar-refractivity contribution in [3.05, 3.63) is 64.2 Å². The molecule has 0 radical (unpaired) electrons. The van der Waals surface area contributed by atoms with E-state index >= 15 is 0 Å². The van der Waals surface area contributed by atoms with Crippen LogP contribution < -0.4 is 20.1 Å². The molecule has 7 nitrogen and oxygen atoms in total. The number of rotatable bonds is 7. The second kappa shape index (κ2) is 10.0. The van der Waals surface area contributed by atoms with Gasteiger partial charge in [-0.2, -0.15) is 5.26 Å². The Hall–Kier alpha value is -3.44. The molecule has 0 fully saturated rings. The number of nitrogens with one attached hydrogen (secondary N) is 2. The molecule has 0 spiro atoms. The second-order valence-corrected chi connectivity index (χ2v) is 7.93. The number of hydrogen-bond acceptors (Lipinski definition) is 6. The van der Waals surface area contributed by atoms with E-state index in [1.54, 1.807) is 12.1 Å². The molecule has 160 valence electrons. The molecule has 8 heteroatoms. The van der Waals surface area contributed by atoms with Crippen molar-refractivity contribution in [1.82, 2.24) is 5.32 Å². The molecule has 2 aromatic carbocycles. The van der Waals surface area contributed by atoms with Gasteiger partial charge in [0.05, 0.1) is 36.6 Å². The highest BCUT2D eigenvalue weighted by molar-refractivity contribution is 8.03. The van der Waals surface area contributed by atoms with Gasteiger partial charge in [-0.15, -0.1) is 0 Å². The van der Waals surface area contributed by atoms with E-state index in [0.717, 1.165) is 17.3 Å². The lowest BCUT2D eigenvalue weighted by molar-refractivity contribution is -0.121. The number of amides is 2. The Balaban J connectivity index is 1.83. The summed E-state index contributed by atoms with van der Waals surface area (Å²) in [5.74, 6) is 0.112. The highest BCUT2D eigenvalue weighted by Crippen LogP contribution is 2.43. The Labute approximate surface area is 185 Å². The van der Waals surface area contributed by atoms with Crippen molar-refractivity contribution < 1.29 is 19.1 Å². The molecule has 3 rings (SSSR count). The summed E-state index contributed by atoms with van der Waals surface area (Å²) in [6, 6.07) is 15.0. The third-order valence-corrected chi connectivity index (χ3v) is 5.86. The number of carbonyl (C=O) groups is 2. The maximum Gasteiger partial charge on any atom is 0.234 e. The zero-order valence-electron chi connectivity index (χ0n) is 17.5. The molecule has 1 aliphatic rings. The fourth-order valence-corrected chi connectivity index (χ4v) is 4.23. The maximum absolute atomic E-state index is 12.4. The SMILES string of the molecule is COc1cccc([C@@H]2CC(=O)NC(SCC(=O)Nc3ccc(C)cc3)=C2C#N)c1OC. The van der Waals surface area contributed by atoms with Crippen molar-refractivity contribution in [2.75, 3.05) is 25.3 Å². The van der Waals surface area contributed by atoms with E-state index < -0.39 is 5.92 Å². The number of nitrogens with zero attached hydrogens (tertiary/aromatic N) is 1. The largest absolute Gasteiger partial charge is 0.493 e. The van der Waals surface area contributed by atoms with Crippen LogP contribution in [0, 0.1) is 18.3 Å². The van der Waals surface area contributed by atoms with Crippen molar-refractivity contribution in [3.8, 4) is 17.6 Å². The number of allylic oxidation sites excluding steroid dienone is 1. The smallest absolute Gasteiger partial charge is 0.234 e. The van der Waals surface area contributed by atoms with Crippen LogP contribution in [0.15, 0.2) is 53.1 Å². The van der Waals surface area contributed by atoms with Crippen LogP contribution in [0.3, 0.4) is 0 Å². The number of aryl methyl sites for hydroxylation is 1. The molecule has 2 aromatic rings. The van der Waals surface area contributed by atoms with Crippen molar-refractivity contribution in [2.24, 2.45) is 0 Å². The normalized spacial score (nSPS) is 15.7. The fraction of sp³-hybridized carbons (Fsp3) is 0.261. The van der Waals surface area contributed by atoms with Crippen molar-refractivity contribution in [2.45, 2.75) is 19.3 Å². The minimum absolute atomic E-state index is 0.0522. The molecule has 0 saturated heterocycles. The highest BCUT2D eigenvalue weighted by Gasteiger charge is 2.32. The summed E-state index contributed by atoms with van der Waals surface area (Å²) in [5.41, 5.74) is 2.87. The van der Waals surface area contributed by atoms with Crippen LogP contribution in [-0.4, -0.2) is 31.8 Å². The zero-order chi connectivity index (χ0) is 22.4. The van der Waals surface area contributed by atoms with E-state index in [1.165, 1.54) is 14.2 Å². The summed E-state index contributed by atoms with van der Waals surface area (Å²) in [5, 5.41) is 15.8. The van der Waals surface area contributed by atoms with Gasteiger partial charge in [-0.3, -0.25) is 9.59 Å². The van der Waals surface area contributed by atoms with Crippen LogP contribution in [0.1, 0.15) is 23.5 Å². The fourth-order valence-electron chi connectivity index (χ4n) is 3.36. The first-order chi connectivity index (χ1) is 15.0. The molecule has 0 aromatic heterocycles. The summed E-state index contributed by atoms with van der Waals surface area (Å²) in [7, 11) is 3.05. The third kappa shape index (κ3) is 5.19. The standard InChI is InChI=1S/C23H23N3O4S/c1-14-7-9-15(10-8-14)25-21(28)13-31-23-18(12-24)17(11-20(27)26-23)16-5-4-6-19(29-2)22(16)30-3/h4-10,17H,11,13H2,1-3H3,(H,25,28)(H,26,27)/t17-/m0/s1. The summed E-state index contributed by atoms with van der Waals surface area (Å²) >= 11 is 1.13. The average Bonchev–Trinajstić information content (AvgIpc) is 2.78. The molecule has 0 unspecified atom stereocenters. The molecule has 31 heavy (non-hydrogen) atoms. The number of hydrogen-bond donors (Lipinski definition) is 2. The maximum atomic E-state index is 12.4. The molecule has 1 heterocycles. The Kier molecular flexibility index (Phi) is 7.21. The molecule has 1 atom stereocenters. The molecule has 0 bridgehead atoms. The van der Waals surface area contributed by atoms with Gasteiger partial charge in [-0.1, -0.05) is 41.6 Å². The van der Waals surface area contributed by atoms with Gasteiger partial charge in [0, 0.05) is 23.6 Å². The lowest BCUT2D eigenvalue weighted by Gasteiger charge is -2.26. The molecular formula is C23H23N3O4S. The van der Waals surface area contributed by atoms with E-state index in [9.17, 15) is 14.9 Å². The van der Waals surface area contributed by atoms with Gasteiger partial charge < -0.3 is 20.1 Å². The van der Waals surface area contributed by atoms with Crippen molar-refractivity contribution in [1.29, 1.82) is 5.26 Å². The van der Waals surface area contributed by atoms with Crippen molar-refractivity contribution >= 4 is 29.3 Å². The summed E-state index contributed by atoms with van der Waals surface area (Å²) < 4.78 is 10.8. The number of nitriles is 1. The summed E-state index contributed by atoms with van der Waals surface area (Å²) in [6.07, 6.45) is 0.103. The molecule has 0 aliphatic carbocycles. The molecule has 2 amide bonds. The van der Waals surface area contributed by atoms with Gasteiger partial charge in [0.2, 0.25) is 11.8 Å². The highest BCUT2D eigenvalue weighted by atomic mass is 32.2. The minimum atomic E-state index is -0.494. The number of benzene rings is 2. The molecule has 1 aliphatic heterocycles. The van der Waals surface area contributed by atoms with E-state index in [4.69, 9.17) is 9.47 Å².